The molecule has 2 aliphatic heterocycles. The predicted octanol–water partition coefficient (Wildman–Crippen LogP) is 4.07. The van der Waals surface area contributed by atoms with Gasteiger partial charge in [0.15, 0.2) is 0 Å². The molecule has 1 saturated heterocycles. The van der Waals surface area contributed by atoms with Gasteiger partial charge in [-0.3, -0.25) is 14.4 Å². The van der Waals surface area contributed by atoms with Crippen LogP contribution >= 0.6 is 0 Å². The summed E-state index contributed by atoms with van der Waals surface area (Å²) in [6.45, 7) is 2.19. The Morgan fingerprint density at radius 1 is 0.735 bits per heavy atom. The normalized spacial score (nSPS) is 26.2. The molecule has 5 rings (SSSR count). The quantitative estimate of drug-likeness (QED) is 0.729. The summed E-state index contributed by atoms with van der Waals surface area (Å²) < 4.78 is 0. The Balaban J connectivity index is 1.16. The maximum Gasteiger partial charge on any atom is 0.230 e. The van der Waals surface area contributed by atoms with E-state index < -0.39 is 0 Å². The average Bonchev–Trinajstić information content (AvgIpc) is 3.33. The van der Waals surface area contributed by atoms with E-state index in [0.717, 1.165) is 83.1 Å². The summed E-state index contributed by atoms with van der Waals surface area (Å²) in [5.74, 6) is 0.238. The third-order valence-corrected chi connectivity index (χ3v) is 8.68. The molecule has 1 aromatic rings. The SMILES string of the molecule is O=C(NC1CCN(C(=O)C2CCCCC2)CC1)C1CCCCC1C(=O)N1CCc2ccccc21. The molecule has 3 amide bonds. The first kappa shape index (κ1) is 23.4. The molecular formula is C28H39N3O3. The number of rotatable bonds is 4. The van der Waals surface area contributed by atoms with Crippen molar-refractivity contribution in [3.05, 3.63) is 29.8 Å². The fourth-order valence-electron chi connectivity index (χ4n) is 6.67. The van der Waals surface area contributed by atoms with E-state index in [9.17, 15) is 14.4 Å². The van der Waals surface area contributed by atoms with E-state index in [0.29, 0.717) is 5.91 Å². The summed E-state index contributed by atoms with van der Waals surface area (Å²) in [6.07, 6.45) is 11.8. The van der Waals surface area contributed by atoms with E-state index in [1.165, 1.54) is 24.8 Å². The Labute approximate surface area is 203 Å². The number of para-hydroxylation sites is 1. The number of likely N-dealkylation sites (tertiary alicyclic amines) is 1. The van der Waals surface area contributed by atoms with Crippen molar-refractivity contribution in [3.63, 3.8) is 0 Å². The van der Waals surface area contributed by atoms with Crippen molar-refractivity contribution in [2.45, 2.75) is 83.1 Å². The Morgan fingerprint density at radius 3 is 2.18 bits per heavy atom. The highest BCUT2D eigenvalue weighted by Crippen LogP contribution is 2.36. The highest BCUT2D eigenvalue weighted by Gasteiger charge is 2.40. The van der Waals surface area contributed by atoms with Gasteiger partial charge < -0.3 is 15.1 Å². The second kappa shape index (κ2) is 10.5. The van der Waals surface area contributed by atoms with Crippen LogP contribution in [0.4, 0.5) is 5.69 Å². The lowest BCUT2D eigenvalue weighted by Crippen LogP contribution is -2.51. The summed E-state index contributed by atoms with van der Waals surface area (Å²) in [7, 11) is 0. The number of amides is 3. The molecule has 4 aliphatic rings. The molecule has 184 valence electrons. The van der Waals surface area contributed by atoms with E-state index in [1.807, 2.05) is 28.0 Å². The minimum Gasteiger partial charge on any atom is -0.353 e. The Morgan fingerprint density at radius 2 is 1.41 bits per heavy atom. The third-order valence-electron chi connectivity index (χ3n) is 8.68. The molecule has 3 fully saturated rings. The summed E-state index contributed by atoms with van der Waals surface area (Å²) in [4.78, 5) is 43.7. The van der Waals surface area contributed by atoms with Crippen LogP contribution in [0.1, 0.15) is 76.2 Å². The van der Waals surface area contributed by atoms with E-state index in [2.05, 4.69) is 11.4 Å². The van der Waals surface area contributed by atoms with E-state index in [1.54, 1.807) is 0 Å². The van der Waals surface area contributed by atoms with Gasteiger partial charge in [0.2, 0.25) is 17.7 Å². The second-order valence-corrected chi connectivity index (χ2v) is 10.8. The van der Waals surface area contributed by atoms with Gasteiger partial charge in [-0.1, -0.05) is 50.3 Å². The van der Waals surface area contributed by atoms with Crippen LogP contribution in [0.15, 0.2) is 24.3 Å². The van der Waals surface area contributed by atoms with Gasteiger partial charge >= 0.3 is 0 Å². The first-order chi connectivity index (χ1) is 16.6. The first-order valence-electron chi connectivity index (χ1n) is 13.6. The topological polar surface area (TPSA) is 69.7 Å². The van der Waals surface area contributed by atoms with Gasteiger partial charge in [0.05, 0.1) is 5.92 Å². The number of carbonyl (C=O) groups excluding carboxylic acids is 3. The Bertz CT molecular complexity index is 902. The minimum absolute atomic E-state index is 0.0441. The fourth-order valence-corrected chi connectivity index (χ4v) is 6.67. The molecule has 6 heteroatoms. The maximum absolute atomic E-state index is 13.5. The number of nitrogens with one attached hydrogen (secondary N) is 1. The van der Waals surface area contributed by atoms with Crippen LogP contribution in [0, 0.1) is 17.8 Å². The molecule has 34 heavy (non-hydrogen) atoms. The van der Waals surface area contributed by atoms with Crippen molar-refractivity contribution in [3.8, 4) is 0 Å². The highest BCUT2D eigenvalue weighted by molar-refractivity contribution is 5.99. The summed E-state index contributed by atoms with van der Waals surface area (Å²) in [6, 6.07) is 8.24. The van der Waals surface area contributed by atoms with Crippen molar-refractivity contribution in [2.24, 2.45) is 17.8 Å². The van der Waals surface area contributed by atoms with Crippen LogP contribution in [0.5, 0.6) is 0 Å². The van der Waals surface area contributed by atoms with Crippen LogP contribution < -0.4 is 10.2 Å². The van der Waals surface area contributed by atoms with Crippen LogP contribution in [0.2, 0.25) is 0 Å². The smallest absolute Gasteiger partial charge is 0.230 e. The van der Waals surface area contributed by atoms with E-state index in [-0.39, 0.29) is 35.6 Å². The largest absolute Gasteiger partial charge is 0.353 e. The van der Waals surface area contributed by atoms with Crippen molar-refractivity contribution in [2.75, 3.05) is 24.5 Å². The van der Waals surface area contributed by atoms with Gasteiger partial charge in [-0.05, 0) is 56.6 Å². The first-order valence-corrected chi connectivity index (χ1v) is 13.6. The van der Waals surface area contributed by atoms with Crippen molar-refractivity contribution in [1.29, 1.82) is 0 Å². The fraction of sp³-hybridized carbons (Fsp3) is 0.679. The lowest BCUT2D eigenvalue weighted by Gasteiger charge is -2.37. The van der Waals surface area contributed by atoms with Crippen LogP contribution in [0.25, 0.3) is 0 Å². The molecular weight excluding hydrogens is 426 g/mol. The molecule has 2 aliphatic carbocycles. The summed E-state index contributed by atoms with van der Waals surface area (Å²) >= 11 is 0. The van der Waals surface area contributed by atoms with Gasteiger partial charge in [0.1, 0.15) is 0 Å². The molecule has 0 spiro atoms. The molecule has 2 saturated carbocycles. The van der Waals surface area contributed by atoms with Gasteiger partial charge in [-0.2, -0.15) is 0 Å². The monoisotopic (exact) mass is 465 g/mol. The summed E-state index contributed by atoms with van der Waals surface area (Å²) in [5, 5.41) is 3.27. The van der Waals surface area contributed by atoms with Crippen molar-refractivity contribution < 1.29 is 14.4 Å². The number of carbonyl (C=O) groups is 3. The minimum atomic E-state index is -0.240. The lowest BCUT2D eigenvalue weighted by molar-refractivity contribution is -0.138. The molecule has 1 aromatic carbocycles. The Kier molecular flexibility index (Phi) is 7.21. The number of piperidine rings is 1. The number of nitrogens with zero attached hydrogens (tertiary/aromatic N) is 2. The third kappa shape index (κ3) is 4.87. The lowest BCUT2D eigenvalue weighted by atomic mass is 9.77. The number of hydrogen-bond donors (Lipinski definition) is 1. The van der Waals surface area contributed by atoms with Crippen LogP contribution in [-0.2, 0) is 20.8 Å². The molecule has 1 N–H and O–H groups in total. The zero-order valence-corrected chi connectivity index (χ0v) is 20.3. The zero-order valence-electron chi connectivity index (χ0n) is 20.3. The number of fused-ring (bicyclic) bond motifs is 1. The zero-order chi connectivity index (χ0) is 23.5. The number of anilines is 1. The van der Waals surface area contributed by atoms with Gasteiger partial charge in [0.25, 0.3) is 0 Å². The predicted molar refractivity (Wildman–Crippen MR) is 132 cm³/mol. The Hall–Kier alpha value is -2.37. The van der Waals surface area contributed by atoms with E-state index >= 15 is 0 Å². The molecule has 0 bridgehead atoms. The van der Waals surface area contributed by atoms with Gasteiger partial charge in [-0.15, -0.1) is 0 Å². The van der Waals surface area contributed by atoms with E-state index in [4.69, 9.17) is 0 Å². The molecule has 2 atom stereocenters. The molecule has 0 aromatic heterocycles. The second-order valence-electron chi connectivity index (χ2n) is 10.8. The van der Waals surface area contributed by atoms with Crippen molar-refractivity contribution >= 4 is 23.4 Å². The van der Waals surface area contributed by atoms with Crippen LogP contribution in [0.3, 0.4) is 0 Å². The van der Waals surface area contributed by atoms with Gasteiger partial charge in [0, 0.05) is 43.2 Å². The van der Waals surface area contributed by atoms with Crippen LogP contribution in [-0.4, -0.2) is 48.3 Å². The van der Waals surface area contributed by atoms with Gasteiger partial charge in [-0.25, -0.2) is 0 Å². The standard InChI is InChI=1S/C28H39N3O3/c32-26(29-22-15-17-30(18-16-22)27(33)21-9-2-1-3-10-21)23-11-5-6-12-24(23)28(34)31-19-14-20-8-4-7-13-25(20)31/h4,7-8,13,21-24H,1-3,5-6,9-12,14-19H2,(H,29,32). The summed E-state index contributed by atoms with van der Waals surface area (Å²) in [5.41, 5.74) is 2.24. The highest BCUT2D eigenvalue weighted by atomic mass is 16.2. The number of benzene rings is 1. The molecule has 2 heterocycles. The average molecular weight is 466 g/mol. The molecule has 0 radical (unpaired) electrons. The molecule has 6 nitrogen and oxygen atoms in total. The number of hydrogen-bond acceptors (Lipinski definition) is 3. The maximum atomic E-state index is 13.5. The molecule has 2 unspecified atom stereocenters. The van der Waals surface area contributed by atoms with Crippen molar-refractivity contribution in [1.82, 2.24) is 10.2 Å².